The van der Waals surface area contributed by atoms with Crippen molar-refractivity contribution in [1.29, 1.82) is 0 Å². The molecule has 0 saturated carbocycles. The molecule has 0 aliphatic heterocycles. The molecule has 1 rings (SSSR count). The lowest BCUT2D eigenvalue weighted by Crippen LogP contribution is -2.20. The fourth-order valence-electron chi connectivity index (χ4n) is 0.879. The summed E-state index contributed by atoms with van der Waals surface area (Å²) >= 11 is 5.54. The number of halogens is 2. The Bertz CT molecular complexity index is 278. The van der Waals surface area contributed by atoms with Gasteiger partial charge in [-0.2, -0.15) is 0 Å². The van der Waals surface area contributed by atoms with Gasteiger partial charge >= 0.3 is 0 Å². The number of rotatable bonds is 2. The second kappa shape index (κ2) is 3.85. The van der Waals surface area contributed by atoms with E-state index in [2.05, 4.69) is 0 Å². The van der Waals surface area contributed by atoms with E-state index in [-0.39, 0.29) is 11.1 Å². The molecule has 1 aromatic rings. The summed E-state index contributed by atoms with van der Waals surface area (Å²) in [5.41, 5.74) is 11.7. The van der Waals surface area contributed by atoms with Crippen molar-refractivity contribution in [3.8, 4) is 0 Å². The second-order valence-electron chi connectivity index (χ2n) is 2.52. The molecule has 0 heterocycles. The zero-order valence-corrected chi connectivity index (χ0v) is 7.18. The van der Waals surface area contributed by atoms with E-state index in [1.165, 1.54) is 12.1 Å². The van der Waals surface area contributed by atoms with Gasteiger partial charge in [0.2, 0.25) is 0 Å². The molecule has 0 radical (unpaired) electrons. The van der Waals surface area contributed by atoms with Crippen LogP contribution in [0.2, 0.25) is 5.02 Å². The van der Waals surface area contributed by atoms with Crippen LogP contribution in [0.15, 0.2) is 18.2 Å². The maximum Gasteiger partial charge on any atom is 0.141 e. The molecule has 0 unspecified atom stereocenters. The molecule has 0 bridgehead atoms. The molecular formula is C8H10ClFN2. The van der Waals surface area contributed by atoms with Crippen molar-refractivity contribution in [1.82, 2.24) is 0 Å². The molecule has 0 saturated heterocycles. The lowest BCUT2D eigenvalue weighted by molar-refractivity contribution is 0.625. The third kappa shape index (κ3) is 1.94. The largest absolute Gasteiger partial charge is 0.329 e. The Morgan fingerprint density at radius 3 is 2.67 bits per heavy atom. The van der Waals surface area contributed by atoms with E-state index in [1.54, 1.807) is 6.07 Å². The van der Waals surface area contributed by atoms with E-state index in [1.807, 2.05) is 0 Å². The molecule has 0 amide bonds. The molecular weight excluding hydrogens is 179 g/mol. The zero-order chi connectivity index (χ0) is 9.14. The van der Waals surface area contributed by atoms with Gasteiger partial charge in [-0.15, -0.1) is 0 Å². The Morgan fingerprint density at radius 1 is 1.50 bits per heavy atom. The van der Waals surface area contributed by atoms with E-state index in [0.29, 0.717) is 6.54 Å². The first-order valence-corrected chi connectivity index (χ1v) is 3.93. The lowest BCUT2D eigenvalue weighted by atomic mass is 10.1. The van der Waals surface area contributed by atoms with Gasteiger partial charge in [-0.25, -0.2) is 4.39 Å². The van der Waals surface area contributed by atoms with Crippen LogP contribution in [0.5, 0.6) is 0 Å². The second-order valence-corrected chi connectivity index (χ2v) is 2.92. The van der Waals surface area contributed by atoms with Crippen LogP contribution >= 0.6 is 11.6 Å². The van der Waals surface area contributed by atoms with Gasteiger partial charge in [-0.1, -0.05) is 17.7 Å². The van der Waals surface area contributed by atoms with Crippen LogP contribution in [0, 0.1) is 5.82 Å². The Morgan fingerprint density at radius 2 is 2.17 bits per heavy atom. The summed E-state index contributed by atoms with van der Waals surface area (Å²) in [7, 11) is 0. The van der Waals surface area contributed by atoms with E-state index < -0.39 is 5.82 Å². The van der Waals surface area contributed by atoms with Gasteiger partial charge in [0, 0.05) is 12.6 Å². The Kier molecular flexibility index (Phi) is 3.03. The van der Waals surface area contributed by atoms with Crippen LogP contribution in [0.4, 0.5) is 4.39 Å². The summed E-state index contributed by atoms with van der Waals surface area (Å²) in [4.78, 5) is 0. The van der Waals surface area contributed by atoms with Crippen LogP contribution in [-0.4, -0.2) is 6.54 Å². The minimum atomic E-state index is -0.440. The molecule has 0 fully saturated rings. The van der Waals surface area contributed by atoms with Gasteiger partial charge in [-0.3, -0.25) is 0 Å². The van der Waals surface area contributed by atoms with Gasteiger partial charge in [-0.05, 0) is 17.7 Å². The topological polar surface area (TPSA) is 52.0 Å². The maximum absolute atomic E-state index is 12.7. The first-order chi connectivity index (χ1) is 5.65. The molecule has 66 valence electrons. The molecule has 0 aliphatic carbocycles. The molecule has 1 aromatic carbocycles. The molecule has 1 atom stereocenters. The van der Waals surface area contributed by atoms with Crippen molar-refractivity contribution in [3.05, 3.63) is 34.6 Å². The standard InChI is InChI=1S/C8H10ClFN2/c9-6-3-5(8(12)4-11)1-2-7(6)10/h1-3,8H,4,11-12H2/t8-/m1/s1. The first-order valence-electron chi connectivity index (χ1n) is 3.55. The third-order valence-electron chi connectivity index (χ3n) is 1.63. The third-order valence-corrected chi connectivity index (χ3v) is 1.92. The summed E-state index contributed by atoms with van der Waals surface area (Å²) in [5.74, 6) is -0.440. The summed E-state index contributed by atoms with van der Waals surface area (Å²) in [6.45, 7) is 0.321. The highest BCUT2D eigenvalue weighted by Crippen LogP contribution is 2.18. The fourth-order valence-corrected chi connectivity index (χ4v) is 1.07. The predicted molar refractivity (Wildman–Crippen MR) is 47.4 cm³/mol. The molecule has 0 aliphatic rings. The average Bonchev–Trinajstić information content (AvgIpc) is 2.08. The number of benzene rings is 1. The molecule has 0 aromatic heterocycles. The van der Waals surface area contributed by atoms with Gasteiger partial charge < -0.3 is 11.5 Å². The number of nitrogens with two attached hydrogens (primary N) is 2. The number of hydrogen-bond donors (Lipinski definition) is 2. The van der Waals surface area contributed by atoms with Crippen molar-refractivity contribution in [3.63, 3.8) is 0 Å². The van der Waals surface area contributed by atoms with Crippen LogP contribution in [0.25, 0.3) is 0 Å². The van der Waals surface area contributed by atoms with Crippen molar-refractivity contribution in [2.45, 2.75) is 6.04 Å². The molecule has 0 spiro atoms. The average molecular weight is 189 g/mol. The lowest BCUT2D eigenvalue weighted by Gasteiger charge is -2.08. The molecule has 2 nitrogen and oxygen atoms in total. The monoisotopic (exact) mass is 188 g/mol. The fraction of sp³-hybridized carbons (Fsp3) is 0.250. The van der Waals surface area contributed by atoms with Crippen LogP contribution < -0.4 is 11.5 Å². The minimum absolute atomic E-state index is 0.0800. The zero-order valence-electron chi connectivity index (χ0n) is 6.43. The highest BCUT2D eigenvalue weighted by atomic mass is 35.5. The normalized spacial score (nSPS) is 13.0. The highest BCUT2D eigenvalue weighted by Gasteiger charge is 2.06. The van der Waals surface area contributed by atoms with E-state index in [9.17, 15) is 4.39 Å². The molecule has 4 N–H and O–H groups in total. The highest BCUT2D eigenvalue weighted by molar-refractivity contribution is 6.30. The van der Waals surface area contributed by atoms with Gasteiger partial charge in [0.15, 0.2) is 0 Å². The van der Waals surface area contributed by atoms with E-state index in [0.717, 1.165) is 5.56 Å². The van der Waals surface area contributed by atoms with Crippen LogP contribution in [-0.2, 0) is 0 Å². The van der Waals surface area contributed by atoms with E-state index >= 15 is 0 Å². The van der Waals surface area contributed by atoms with E-state index in [4.69, 9.17) is 23.1 Å². The first kappa shape index (κ1) is 9.45. The SMILES string of the molecule is NC[C@@H](N)c1ccc(F)c(Cl)c1. The van der Waals surface area contributed by atoms with Crippen LogP contribution in [0.3, 0.4) is 0 Å². The van der Waals surface area contributed by atoms with Gasteiger partial charge in [0.05, 0.1) is 5.02 Å². The Balaban J connectivity index is 2.96. The Labute approximate surface area is 75.3 Å². The Hall–Kier alpha value is -0.640. The minimum Gasteiger partial charge on any atom is -0.329 e. The van der Waals surface area contributed by atoms with Gasteiger partial charge in [0.25, 0.3) is 0 Å². The van der Waals surface area contributed by atoms with Crippen molar-refractivity contribution >= 4 is 11.6 Å². The smallest absolute Gasteiger partial charge is 0.141 e. The quantitative estimate of drug-likeness (QED) is 0.738. The van der Waals surface area contributed by atoms with Crippen molar-refractivity contribution < 1.29 is 4.39 Å². The predicted octanol–water partition coefficient (Wildman–Crippen LogP) is 1.44. The molecule has 4 heteroatoms. The number of hydrogen-bond acceptors (Lipinski definition) is 2. The molecule has 12 heavy (non-hydrogen) atoms. The van der Waals surface area contributed by atoms with Crippen molar-refractivity contribution in [2.24, 2.45) is 11.5 Å². The van der Waals surface area contributed by atoms with Crippen LogP contribution in [0.1, 0.15) is 11.6 Å². The summed E-state index contributed by atoms with van der Waals surface area (Å²) < 4.78 is 12.7. The van der Waals surface area contributed by atoms with Crippen molar-refractivity contribution in [2.75, 3.05) is 6.54 Å². The maximum atomic E-state index is 12.7. The summed E-state index contributed by atoms with van der Waals surface area (Å²) in [5, 5.41) is 0.0800. The summed E-state index contributed by atoms with van der Waals surface area (Å²) in [6.07, 6.45) is 0. The summed E-state index contributed by atoms with van der Waals surface area (Å²) in [6, 6.07) is 4.09. The van der Waals surface area contributed by atoms with Gasteiger partial charge in [0.1, 0.15) is 5.82 Å².